The van der Waals surface area contributed by atoms with Crippen molar-refractivity contribution in [2.75, 3.05) is 4.90 Å². The lowest BCUT2D eigenvalue weighted by molar-refractivity contribution is 0.623. The molecule has 1 unspecified atom stereocenters. The van der Waals surface area contributed by atoms with Crippen LogP contribution in [0.15, 0.2) is 180 Å². The van der Waals surface area contributed by atoms with Crippen molar-refractivity contribution in [2.24, 2.45) is 0 Å². The van der Waals surface area contributed by atoms with Crippen LogP contribution in [0, 0.1) is 0 Å². The van der Waals surface area contributed by atoms with Crippen molar-refractivity contribution in [3.05, 3.63) is 192 Å². The van der Waals surface area contributed by atoms with Crippen molar-refractivity contribution in [1.29, 1.82) is 0 Å². The van der Waals surface area contributed by atoms with Gasteiger partial charge in [-0.05, 0) is 81.1 Å². The number of fused-ring (bicyclic) bond motifs is 9. The monoisotopic (exact) mass is 634 g/mol. The van der Waals surface area contributed by atoms with E-state index in [2.05, 4.69) is 83.8 Å². The minimum atomic E-state index is -0.512. The van der Waals surface area contributed by atoms with Gasteiger partial charge in [0, 0.05) is 33.6 Å². The molecule has 8 aromatic carbocycles. The SMILES string of the molecule is [2H]c1c([2H])c([2H])c2c(c1[2H])c1nc(-c3ccc(N(c4ccccc4)c4cccc5c4C(c4ccccc4)c4ccccc4-5)cc3)oc1c1c([2H])c([2H])c([2H])c([2H])c12. The lowest BCUT2D eigenvalue weighted by Crippen LogP contribution is -2.13. The summed E-state index contributed by atoms with van der Waals surface area (Å²) in [6.45, 7) is 0. The Hall–Kier alpha value is -6.45. The zero-order valence-corrected chi connectivity index (χ0v) is 26.0. The quantitative estimate of drug-likeness (QED) is 0.176. The molecule has 0 amide bonds. The maximum Gasteiger partial charge on any atom is 0.227 e. The highest BCUT2D eigenvalue weighted by Gasteiger charge is 2.34. The van der Waals surface area contributed by atoms with E-state index in [1.54, 1.807) is 0 Å². The Morgan fingerprint density at radius 3 is 1.94 bits per heavy atom. The van der Waals surface area contributed by atoms with Gasteiger partial charge in [0.1, 0.15) is 5.52 Å². The molecule has 0 saturated carbocycles. The van der Waals surface area contributed by atoms with E-state index in [-0.39, 0.29) is 56.5 Å². The predicted octanol–water partition coefficient (Wildman–Crippen LogP) is 12.4. The molecule has 1 aliphatic rings. The minimum absolute atomic E-state index is 0.00560. The third-order valence-corrected chi connectivity index (χ3v) is 9.41. The van der Waals surface area contributed by atoms with Crippen LogP contribution >= 0.6 is 0 Å². The maximum atomic E-state index is 8.85. The third kappa shape index (κ3) is 4.33. The Balaban J connectivity index is 1.17. The Morgan fingerprint density at radius 2 is 1.16 bits per heavy atom. The molecule has 0 fully saturated rings. The van der Waals surface area contributed by atoms with Gasteiger partial charge in [0.05, 0.1) is 16.7 Å². The number of rotatable bonds is 5. The largest absolute Gasteiger partial charge is 0.435 e. The predicted molar refractivity (Wildman–Crippen MR) is 202 cm³/mol. The smallest absolute Gasteiger partial charge is 0.227 e. The summed E-state index contributed by atoms with van der Waals surface area (Å²) in [5, 5.41) is -0.0395. The first kappa shape index (κ1) is 20.7. The molecule has 0 bridgehead atoms. The molecule has 10 rings (SSSR count). The molecule has 0 saturated heterocycles. The Kier molecular flexibility index (Phi) is 4.68. The van der Waals surface area contributed by atoms with Gasteiger partial charge in [0.15, 0.2) is 5.58 Å². The van der Waals surface area contributed by atoms with Crippen molar-refractivity contribution in [3.8, 4) is 22.6 Å². The summed E-state index contributed by atoms with van der Waals surface area (Å²) in [7, 11) is 0. The topological polar surface area (TPSA) is 29.3 Å². The molecule has 49 heavy (non-hydrogen) atoms. The molecule has 3 heteroatoms. The molecule has 3 nitrogen and oxygen atoms in total. The van der Waals surface area contributed by atoms with E-state index >= 15 is 0 Å². The average molecular weight is 635 g/mol. The van der Waals surface area contributed by atoms with E-state index in [1.807, 2.05) is 48.5 Å². The third-order valence-electron chi connectivity index (χ3n) is 9.41. The summed E-state index contributed by atoms with van der Waals surface area (Å²) in [5.74, 6) is 0.142. The number of benzene rings is 8. The highest BCUT2D eigenvalue weighted by atomic mass is 16.3. The Labute approximate surface area is 295 Å². The molecule has 1 aliphatic carbocycles. The lowest BCUT2D eigenvalue weighted by Gasteiger charge is -2.29. The van der Waals surface area contributed by atoms with Gasteiger partial charge in [-0.3, -0.25) is 0 Å². The van der Waals surface area contributed by atoms with Gasteiger partial charge in [-0.1, -0.05) is 133 Å². The van der Waals surface area contributed by atoms with Gasteiger partial charge < -0.3 is 9.32 Å². The molecule has 1 aromatic heterocycles. The van der Waals surface area contributed by atoms with Gasteiger partial charge in [0.2, 0.25) is 5.89 Å². The zero-order valence-electron chi connectivity index (χ0n) is 34.0. The molecule has 0 spiro atoms. The highest BCUT2D eigenvalue weighted by Crippen LogP contribution is 2.53. The first-order chi connectivity index (χ1) is 27.7. The van der Waals surface area contributed by atoms with Crippen LogP contribution in [-0.2, 0) is 0 Å². The van der Waals surface area contributed by atoms with E-state index in [0.29, 0.717) is 5.56 Å². The molecule has 0 radical (unpaired) electrons. The van der Waals surface area contributed by atoms with E-state index < -0.39 is 36.3 Å². The van der Waals surface area contributed by atoms with E-state index in [1.165, 1.54) is 27.8 Å². The molecule has 230 valence electrons. The fourth-order valence-electron chi connectivity index (χ4n) is 7.32. The fourth-order valence-corrected chi connectivity index (χ4v) is 7.32. The van der Waals surface area contributed by atoms with Crippen molar-refractivity contribution in [3.63, 3.8) is 0 Å². The van der Waals surface area contributed by atoms with Crippen LogP contribution in [0.2, 0.25) is 0 Å². The molecular formula is C46H30N2O. The van der Waals surface area contributed by atoms with Crippen LogP contribution in [0.3, 0.4) is 0 Å². The summed E-state index contributed by atoms with van der Waals surface area (Å²) in [6.07, 6.45) is 0. The first-order valence-corrected chi connectivity index (χ1v) is 16.1. The number of aromatic nitrogens is 1. The van der Waals surface area contributed by atoms with Gasteiger partial charge in [0.25, 0.3) is 0 Å². The van der Waals surface area contributed by atoms with E-state index in [4.69, 9.17) is 20.4 Å². The second-order valence-corrected chi connectivity index (χ2v) is 12.1. The molecule has 1 atom stereocenters. The summed E-state index contributed by atoms with van der Waals surface area (Å²) in [5.41, 5.74) is 9.57. The van der Waals surface area contributed by atoms with Crippen LogP contribution in [-0.4, -0.2) is 4.98 Å². The highest BCUT2D eigenvalue weighted by molar-refractivity contribution is 6.22. The summed E-state index contributed by atoms with van der Waals surface area (Å²) in [6, 6.07) is 39.9. The molecule has 9 aromatic rings. The fraction of sp³-hybridized carbons (Fsp3) is 0.0217. The second-order valence-electron chi connectivity index (χ2n) is 12.1. The zero-order chi connectivity index (χ0) is 39.3. The van der Waals surface area contributed by atoms with Gasteiger partial charge in [-0.25, -0.2) is 4.98 Å². The number of hydrogen-bond donors (Lipinski definition) is 0. The van der Waals surface area contributed by atoms with E-state index in [9.17, 15) is 0 Å². The van der Waals surface area contributed by atoms with Crippen LogP contribution in [0.4, 0.5) is 17.1 Å². The Bertz CT molecular complexity index is 3020. The molecule has 0 aliphatic heterocycles. The second kappa shape index (κ2) is 11.1. The Morgan fingerprint density at radius 1 is 0.551 bits per heavy atom. The van der Waals surface area contributed by atoms with Crippen molar-refractivity contribution in [2.45, 2.75) is 5.92 Å². The normalized spacial score (nSPS) is 15.8. The summed E-state index contributed by atoms with van der Waals surface area (Å²) < 4.78 is 75.3. The van der Waals surface area contributed by atoms with Crippen LogP contribution in [0.5, 0.6) is 0 Å². The molecule has 0 N–H and O–H groups in total. The number of hydrogen-bond acceptors (Lipinski definition) is 3. The van der Waals surface area contributed by atoms with Crippen molar-refractivity contribution >= 4 is 49.7 Å². The first-order valence-electron chi connectivity index (χ1n) is 20.1. The van der Waals surface area contributed by atoms with E-state index in [0.717, 1.165) is 17.1 Å². The average Bonchev–Trinajstić information content (AvgIpc) is 3.84. The van der Waals surface area contributed by atoms with Crippen LogP contribution in [0.25, 0.3) is 55.2 Å². The summed E-state index contributed by atoms with van der Waals surface area (Å²) >= 11 is 0. The lowest BCUT2D eigenvalue weighted by atomic mass is 9.88. The number of nitrogens with zero attached hydrogens (tertiary/aromatic N) is 2. The van der Waals surface area contributed by atoms with Crippen molar-refractivity contribution in [1.82, 2.24) is 4.98 Å². The van der Waals surface area contributed by atoms with Gasteiger partial charge in [-0.2, -0.15) is 0 Å². The van der Waals surface area contributed by atoms with Crippen molar-refractivity contribution < 1.29 is 15.4 Å². The number of para-hydroxylation sites is 1. The summed E-state index contributed by atoms with van der Waals surface area (Å²) in [4.78, 5) is 7.02. The molecular weight excluding hydrogens is 597 g/mol. The number of anilines is 3. The minimum Gasteiger partial charge on any atom is -0.435 e. The number of oxazole rings is 1. The van der Waals surface area contributed by atoms with Crippen LogP contribution in [0.1, 0.15) is 33.6 Å². The molecule has 1 heterocycles. The maximum absolute atomic E-state index is 8.85. The standard InChI is InChI=1S/C46H30N2O/c1-3-14-30(15-4-1)42-37-21-10-7-20-36(37)38-24-13-25-41(43(38)42)48(32-16-5-2-6-17-32)33-28-26-31(27-29-33)46-47-44-39-22-11-8-18-34(39)35-19-9-12-23-40(35)45(44)49-46/h1-29,42H/i8D,9D,11D,12D,18D,19D,22D,23D. The van der Waals surface area contributed by atoms with Gasteiger partial charge >= 0.3 is 0 Å². The van der Waals surface area contributed by atoms with Gasteiger partial charge in [-0.15, -0.1) is 0 Å². The van der Waals surface area contributed by atoms with Crippen LogP contribution < -0.4 is 4.90 Å².